The molecule has 0 heterocycles. The van der Waals surface area contributed by atoms with Gasteiger partial charge in [0, 0.05) is 12.0 Å². The van der Waals surface area contributed by atoms with Crippen molar-refractivity contribution in [3.05, 3.63) is 70.1 Å². The van der Waals surface area contributed by atoms with Crippen LogP contribution in [0.3, 0.4) is 0 Å². The predicted molar refractivity (Wildman–Crippen MR) is 123 cm³/mol. The quantitative estimate of drug-likeness (QED) is 0.432. The molecule has 0 amide bonds. The van der Waals surface area contributed by atoms with Crippen LogP contribution in [0.2, 0.25) is 5.04 Å². The molecule has 2 rings (SSSR count). The lowest BCUT2D eigenvalue weighted by Crippen LogP contribution is -2.67. The van der Waals surface area contributed by atoms with Crippen LogP contribution in [0.25, 0.3) is 0 Å². The van der Waals surface area contributed by atoms with Crippen molar-refractivity contribution in [1.29, 1.82) is 0 Å². The highest BCUT2D eigenvalue weighted by Gasteiger charge is 2.51. The third-order valence-corrected chi connectivity index (χ3v) is 10.6. The van der Waals surface area contributed by atoms with Gasteiger partial charge in [0.15, 0.2) is 0 Å². The molecule has 0 aromatic heterocycles. The van der Waals surface area contributed by atoms with Gasteiger partial charge in [-0.15, -0.1) is 0 Å². The zero-order valence-corrected chi connectivity index (χ0v) is 20.3. The van der Waals surface area contributed by atoms with Crippen molar-refractivity contribution in [2.75, 3.05) is 0 Å². The Labute approximate surface area is 176 Å². The summed E-state index contributed by atoms with van der Waals surface area (Å²) in [6.07, 6.45) is 2.24. The van der Waals surface area contributed by atoms with Crippen LogP contribution in [0.1, 0.15) is 34.6 Å². The van der Waals surface area contributed by atoms with Gasteiger partial charge in [-0.25, -0.2) is 0 Å². The lowest BCUT2D eigenvalue weighted by Gasteiger charge is -2.45. The van der Waals surface area contributed by atoms with E-state index in [9.17, 15) is 0 Å². The lowest BCUT2D eigenvalue weighted by atomic mass is 10.1. The van der Waals surface area contributed by atoms with E-state index in [0.717, 1.165) is 3.39 Å². The number of hydrogen-bond acceptors (Lipinski definition) is 1. The molecule has 0 fully saturated rings. The van der Waals surface area contributed by atoms with Crippen LogP contribution in [-0.2, 0) is 4.43 Å². The van der Waals surface area contributed by atoms with Crippen LogP contribution in [0.4, 0.5) is 0 Å². The molecular formula is C22H28Br2OSi. The summed E-state index contributed by atoms with van der Waals surface area (Å²) in [5.74, 6) is 0.283. The van der Waals surface area contributed by atoms with Gasteiger partial charge in [-0.3, -0.25) is 0 Å². The summed E-state index contributed by atoms with van der Waals surface area (Å²) in [6, 6.07) is 21.6. The second kappa shape index (κ2) is 9.00. The highest BCUT2D eigenvalue weighted by molar-refractivity contribution is 9.28. The van der Waals surface area contributed by atoms with Crippen LogP contribution in [0.5, 0.6) is 0 Å². The third kappa shape index (κ3) is 4.77. The Hall–Kier alpha value is -0.683. The molecular weight excluding hydrogens is 468 g/mol. The largest absolute Gasteiger partial charge is 0.404 e. The highest BCUT2D eigenvalue weighted by Crippen LogP contribution is 2.38. The molecule has 0 unspecified atom stereocenters. The first-order valence-corrected chi connectivity index (χ1v) is 12.5. The second-order valence-corrected chi connectivity index (χ2v) is 14.8. The summed E-state index contributed by atoms with van der Waals surface area (Å²) in [6.45, 7) is 11.3. The highest BCUT2D eigenvalue weighted by atomic mass is 79.9. The number of rotatable bonds is 6. The van der Waals surface area contributed by atoms with Crippen molar-refractivity contribution in [3.63, 3.8) is 0 Å². The van der Waals surface area contributed by atoms with E-state index in [4.69, 9.17) is 4.43 Å². The Kier molecular flexibility index (Phi) is 7.49. The van der Waals surface area contributed by atoms with Crippen LogP contribution in [0, 0.1) is 5.92 Å². The topological polar surface area (TPSA) is 9.23 Å². The zero-order chi connectivity index (χ0) is 19.4. The summed E-state index contributed by atoms with van der Waals surface area (Å²) in [4.78, 5) is 0. The van der Waals surface area contributed by atoms with Crippen molar-refractivity contribution in [2.24, 2.45) is 5.92 Å². The van der Waals surface area contributed by atoms with Gasteiger partial charge in [0.25, 0.3) is 8.32 Å². The Morgan fingerprint density at radius 3 is 1.65 bits per heavy atom. The number of hydrogen-bond donors (Lipinski definition) is 0. The number of halogens is 2. The molecule has 140 valence electrons. The maximum absolute atomic E-state index is 7.09. The summed E-state index contributed by atoms with van der Waals surface area (Å²) >= 11 is 6.97. The predicted octanol–water partition coefficient (Wildman–Crippen LogP) is 6.22. The molecule has 0 saturated carbocycles. The van der Waals surface area contributed by atoms with Crippen LogP contribution >= 0.6 is 31.9 Å². The Morgan fingerprint density at radius 1 is 0.885 bits per heavy atom. The Morgan fingerprint density at radius 2 is 1.31 bits per heavy atom. The molecule has 2 atom stereocenters. The molecule has 0 aliphatic rings. The lowest BCUT2D eigenvalue weighted by molar-refractivity contribution is 0.170. The Bertz CT molecular complexity index is 679. The smallest absolute Gasteiger partial charge is 0.261 e. The minimum atomic E-state index is -2.49. The van der Waals surface area contributed by atoms with Gasteiger partial charge in [0.2, 0.25) is 0 Å². The Balaban J connectivity index is 2.63. The first-order chi connectivity index (χ1) is 12.2. The van der Waals surface area contributed by atoms with Crippen molar-refractivity contribution < 1.29 is 4.43 Å². The van der Waals surface area contributed by atoms with Gasteiger partial charge in [-0.1, -0.05) is 94.4 Å². The maximum Gasteiger partial charge on any atom is 0.261 e. The van der Waals surface area contributed by atoms with Crippen LogP contribution in [0.15, 0.2) is 70.1 Å². The molecule has 4 heteroatoms. The molecule has 0 saturated heterocycles. The number of benzene rings is 2. The molecule has 2 aromatic carbocycles. The van der Waals surface area contributed by atoms with Gasteiger partial charge in [0.05, 0.1) is 3.39 Å². The van der Waals surface area contributed by atoms with Gasteiger partial charge in [0.1, 0.15) is 0 Å². The fourth-order valence-corrected chi connectivity index (χ4v) is 9.03. The zero-order valence-electron chi connectivity index (χ0n) is 16.2. The molecule has 2 aromatic rings. The van der Waals surface area contributed by atoms with E-state index in [1.165, 1.54) is 10.4 Å². The molecule has 0 N–H and O–H groups in total. The first-order valence-electron chi connectivity index (χ1n) is 9.00. The van der Waals surface area contributed by atoms with E-state index in [2.05, 4.69) is 133 Å². The maximum atomic E-state index is 7.09. The molecule has 1 nitrogen and oxygen atoms in total. The van der Waals surface area contributed by atoms with E-state index < -0.39 is 8.32 Å². The van der Waals surface area contributed by atoms with Gasteiger partial charge in [-0.05, 0) is 54.2 Å². The van der Waals surface area contributed by atoms with Crippen LogP contribution < -0.4 is 10.4 Å². The summed E-state index contributed by atoms with van der Waals surface area (Å²) < 4.78 is 8.06. The molecule has 0 radical (unpaired) electrons. The fourth-order valence-electron chi connectivity index (χ4n) is 3.41. The van der Waals surface area contributed by atoms with Crippen molar-refractivity contribution in [1.82, 2.24) is 0 Å². The van der Waals surface area contributed by atoms with Crippen molar-refractivity contribution in [2.45, 2.75) is 45.8 Å². The molecule has 26 heavy (non-hydrogen) atoms. The summed E-state index contributed by atoms with van der Waals surface area (Å²) in [5.41, 5.74) is 0. The SMILES string of the molecule is C[C@H](C=C(Br)Br)[C@H](C)O[Si](c1ccccc1)(c1ccccc1)C(C)(C)C. The average molecular weight is 496 g/mol. The second-order valence-electron chi connectivity index (χ2n) is 7.80. The molecule has 0 aliphatic heterocycles. The first kappa shape index (κ1) is 21.6. The van der Waals surface area contributed by atoms with E-state index >= 15 is 0 Å². The van der Waals surface area contributed by atoms with Gasteiger partial charge in [-0.2, -0.15) is 0 Å². The van der Waals surface area contributed by atoms with Crippen molar-refractivity contribution >= 4 is 50.6 Å². The minimum absolute atomic E-state index is 0.000957. The molecule has 0 aliphatic carbocycles. The van der Waals surface area contributed by atoms with E-state index in [0.29, 0.717) is 0 Å². The third-order valence-electron chi connectivity index (χ3n) is 4.91. The molecule has 0 bridgehead atoms. The standard InChI is InChI=1S/C22H28Br2OSi/c1-17(16-21(23)24)18(2)25-26(22(3,4)5,19-12-8-6-9-13-19)20-14-10-7-11-15-20/h6-18H,1-5H3/t17-,18+/m1/s1. The van der Waals surface area contributed by atoms with Gasteiger partial charge >= 0.3 is 0 Å². The van der Waals surface area contributed by atoms with Crippen molar-refractivity contribution in [3.8, 4) is 0 Å². The minimum Gasteiger partial charge on any atom is -0.404 e. The van der Waals surface area contributed by atoms with E-state index in [-0.39, 0.29) is 17.1 Å². The molecule has 0 spiro atoms. The summed E-state index contributed by atoms with van der Waals surface area (Å²) in [7, 11) is -2.49. The monoisotopic (exact) mass is 494 g/mol. The van der Waals surface area contributed by atoms with E-state index in [1.807, 2.05) is 0 Å². The van der Waals surface area contributed by atoms with E-state index in [1.54, 1.807) is 0 Å². The summed E-state index contributed by atoms with van der Waals surface area (Å²) in [5, 5.41) is 2.64. The average Bonchev–Trinajstić information content (AvgIpc) is 2.59. The normalized spacial score (nSPS) is 14.6. The van der Waals surface area contributed by atoms with Gasteiger partial charge < -0.3 is 4.43 Å². The van der Waals surface area contributed by atoms with Crippen LogP contribution in [-0.4, -0.2) is 14.4 Å². The fraction of sp³-hybridized carbons (Fsp3) is 0.364.